The first-order valence-electron chi connectivity index (χ1n) is 5.67. The molecule has 0 aromatic heterocycles. The molecule has 1 rings (SSSR count). The summed E-state index contributed by atoms with van der Waals surface area (Å²) in [6.45, 7) is 7.46. The van der Waals surface area contributed by atoms with E-state index in [0.29, 0.717) is 5.92 Å². The number of hydrogen-bond donors (Lipinski definition) is 1. The lowest BCUT2D eigenvalue weighted by Crippen LogP contribution is -2.32. The van der Waals surface area contributed by atoms with Crippen molar-refractivity contribution in [2.75, 3.05) is 0 Å². The Hall–Kier alpha value is -0.560. The fourth-order valence-electron chi connectivity index (χ4n) is 2.55. The van der Waals surface area contributed by atoms with Crippen LogP contribution in [0.15, 0.2) is 25.3 Å². The third-order valence-corrected chi connectivity index (χ3v) is 3.39. The number of allylic oxidation sites excluding steroid dienone is 2. The Morgan fingerprint density at radius 3 is 2.79 bits per heavy atom. The summed E-state index contributed by atoms with van der Waals surface area (Å²) in [5.41, 5.74) is -0.406. The second kappa shape index (κ2) is 5.35. The second-order valence-electron chi connectivity index (χ2n) is 4.40. The monoisotopic (exact) mass is 194 g/mol. The first kappa shape index (κ1) is 11.5. The third-order valence-electron chi connectivity index (χ3n) is 3.39. The van der Waals surface area contributed by atoms with Gasteiger partial charge in [0.25, 0.3) is 0 Å². The van der Waals surface area contributed by atoms with Gasteiger partial charge in [-0.15, -0.1) is 13.2 Å². The van der Waals surface area contributed by atoms with E-state index in [0.717, 1.165) is 38.5 Å². The molecular formula is C13H22O. The molecule has 1 fully saturated rings. The van der Waals surface area contributed by atoms with Crippen molar-refractivity contribution in [3.05, 3.63) is 25.3 Å². The van der Waals surface area contributed by atoms with Crippen molar-refractivity contribution < 1.29 is 5.11 Å². The first-order valence-corrected chi connectivity index (χ1v) is 5.67. The Labute approximate surface area is 87.5 Å². The first-order chi connectivity index (χ1) is 6.73. The third kappa shape index (κ3) is 2.71. The van der Waals surface area contributed by atoms with Gasteiger partial charge in [0.1, 0.15) is 0 Å². The van der Waals surface area contributed by atoms with Gasteiger partial charge in [0.15, 0.2) is 0 Å². The normalized spacial score (nSPS) is 31.6. The zero-order chi connectivity index (χ0) is 10.4. The van der Waals surface area contributed by atoms with Gasteiger partial charge in [-0.2, -0.15) is 0 Å². The molecule has 0 spiro atoms. The zero-order valence-corrected chi connectivity index (χ0v) is 9.04. The predicted octanol–water partition coefficient (Wildman–Crippen LogP) is 3.45. The number of unbranched alkanes of at least 4 members (excludes halogenated alkanes) is 1. The van der Waals surface area contributed by atoms with Crippen molar-refractivity contribution >= 4 is 0 Å². The average molecular weight is 194 g/mol. The van der Waals surface area contributed by atoms with Crippen molar-refractivity contribution in [1.29, 1.82) is 0 Å². The van der Waals surface area contributed by atoms with Gasteiger partial charge in [0.2, 0.25) is 0 Å². The lowest BCUT2D eigenvalue weighted by atomic mass is 9.84. The topological polar surface area (TPSA) is 20.2 Å². The Balaban J connectivity index is 2.43. The van der Waals surface area contributed by atoms with Crippen LogP contribution in [0.1, 0.15) is 44.9 Å². The fraction of sp³-hybridized carbons (Fsp3) is 0.692. The van der Waals surface area contributed by atoms with Crippen molar-refractivity contribution in [3.63, 3.8) is 0 Å². The highest BCUT2D eigenvalue weighted by atomic mass is 16.3. The molecule has 1 aliphatic rings. The van der Waals surface area contributed by atoms with Gasteiger partial charge >= 0.3 is 0 Å². The van der Waals surface area contributed by atoms with Gasteiger partial charge in [-0.1, -0.05) is 18.6 Å². The van der Waals surface area contributed by atoms with E-state index < -0.39 is 5.60 Å². The van der Waals surface area contributed by atoms with Crippen LogP contribution >= 0.6 is 0 Å². The fourth-order valence-corrected chi connectivity index (χ4v) is 2.55. The average Bonchev–Trinajstić information content (AvgIpc) is 2.50. The maximum atomic E-state index is 10.4. The SMILES string of the molecule is C=CCCC[C@@]1(O)CCC[C@@H]1CC=C. The zero-order valence-electron chi connectivity index (χ0n) is 9.04. The van der Waals surface area contributed by atoms with Crippen molar-refractivity contribution in [2.24, 2.45) is 5.92 Å². The minimum atomic E-state index is -0.406. The Morgan fingerprint density at radius 1 is 1.36 bits per heavy atom. The van der Waals surface area contributed by atoms with Crippen LogP contribution in [0.3, 0.4) is 0 Å². The van der Waals surface area contributed by atoms with Crippen LogP contribution in [-0.2, 0) is 0 Å². The molecule has 1 aliphatic carbocycles. The van der Waals surface area contributed by atoms with Gasteiger partial charge in [0, 0.05) is 0 Å². The number of rotatable bonds is 6. The Bertz CT molecular complexity index is 197. The standard InChI is InChI=1S/C13H22O/c1-3-5-6-10-13(14)11-7-9-12(13)8-4-2/h3-4,12,14H,1-2,5-11H2/t12-,13+/m0/s1. The van der Waals surface area contributed by atoms with Crippen LogP contribution in [0.25, 0.3) is 0 Å². The summed E-state index contributed by atoms with van der Waals surface area (Å²) >= 11 is 0. The van der Waals surface area contributed by atoms with E-state index in [-0.39, 0.29) is 0 Å². The Kier molecular flexibility index (Phi) is 4.40. The molecule has 0 unspecified atom stereocenters. The Morgan fingerprint density at radius 2 is 2.14 bits per heavy atom. The molecule has 0 radical (unpaired) electrons. The molecule has 0 bridgehead atoms. The van der Waals surface area contributed by atoms with E-state index in [1.165, 1.54) is 6.42 Å². The van der Waals surface area contributed by atoms with Crippen molar-refractivity contribution in [1.82, 2.24) is 0 Å². The summed E-state index contributed by atoms with van der Waals surface area (Å²) in [4.78, 5) is 0. The van der Waals surface area contributed by atoms with E-state index in [2.05, 4.69) is 13.2 Å². The lowest BCUT2D eigenvalue weighted by molar-refractivity contribution is -0.00597. The summed E-state index contributed by atoms with van der Waals surface area (Å²) in [7, 11) is 0. The molecular weight excluding hydrogens is 172 g/mol. The highest BCUT2D eigenvalue weighted by molar-refractivity contribution is 4.95. The van der Waals surface area contributed by atoms with Gasteiger partial charge in [-0.25, -0.2) is 0 Å². The number of aliphatic hydroxyl groups is 1. The molecule has 80 valence electrons. The molecule has 2 atom stereocenters. The highest BCUT2D eigenvalue weighted by Crippen LogP contribution is 2.41. The second-order valence-corrected chi connectivity index (χ2v) is 4.40. The summed E-state index contributed by atoms with van der Waals surface area (Å²) in [6, 6.07) is 0. The maximum Gasteiger partial charge on any atom is 0.0678 e. The largest absolute Gasteiger partial charge is 0.390 e. The molecule has 0 aromatic rings. The number of hydrogen-bond acceptors (Lipinski definition) is 1. The van der Waals surface area contributed by atoms with E-state index in [1.807, 2.05) is 12.2 Å². The quantitative estimate of drug-likeness (QED) is 0.507. The smallest absolute Gasteiger partial charge is 0.0678 e. The van der Waals surface area contributed by atoms with Crippen LogP contribution in [-0.4, -0.2) is 10.7 Å². The van der Waals surface area contributed by atoms with Gasteiger partial charge < -0.3 is 5.11 Å². The molecule has 14 heavy (non-hydrogen) atoms. The molecule has 0 aliphatic heterocycles. The molecule has 1 N–H and O–H groups in total. The highest BCUT2D eigenvalue weighted by Gasteiger charge is 2.39. The summed E-state index contributed by atoms with van der Waals surface area (Å²) in [5.74, 6) is 0.449. The van der Waals surface area contributed by atoms with E-state index >= 15 is 0 Å². The predicted molar refractivity (Wildman–Crippen MR) is 61.2 cm³/mol. The van der Waals surface area contributed by atoms with Crippen LogP contribution in [0.2, 0.25) is 0 Å². The van der Waals surface area contributed by atoms with Gasteiger partial charge in [-0.05, 0) is 44.4 Å². The minimum absolute atomic E-state index is 0.406. The van der Waals surface area contributed by atoms with Crippen molar-refractivity contribution in [3.8, 4) is 0 Å². The molecule has 0 amide bonds. The van der Waals surface area contributed by atoms with Gasteiger partial charge in [0.05, 0.1) is 5.60 Å². The molecule has 1 heteroatoms. The summed E-state index contributed by atoms with van der Waals surface area (Å²) < 4.78 is 0. The van der Waals surface area contributed by atoms with Gasteiger partial charge in [-0.3, -0.25) is 0 Å². The molecule has 1 saturated carbocycles. The molecule has 0 saturated heterocycles. The molecule has 0 aromatic carbocycles. The van der Waals surface area contributed by atoms with Crippen molar-refractivity contribution in [2.45, 2.75) is 50.5 Å². The lowest BCUT2D eigenvalue weighted by Gasteiger charge is -2.29. The van der Waals surface area contributed by atoms with E-state index in [1.54, 1.807) is 0 Å². The summed E-state index contributed by atoms with van der Waals surface area (Å²) in [5, 5.41) is 10.4. The van der Waals surface area contributed by atoms with E-state index in [4.69, 9.17) is 0 Å². The van der Waals surface area contributed by atoms with E-state index in [9.17, 15) is 5.11 Å². The minimum Gasteiger partial charge on any atom is -0.390 e. The molecule has 0 heterocycles. The summed E-state index contributed by atoms with van der Waals surface area (Å²) in [6.07, 6.45) is 11.1. The van der Waals surface area contributed by atoms with Crippen LogP contribution in [0, 0.1) is 5.92 Å². The van der Waals surface area contributed by atoms with Crippen LogP contribution < -0.4 is 0 Å². The van der Waals surface area contributed by atoms with Crippen LogP contribution in [0.5, 0.6) is 0 Å². The molecule has 1 nitrogen and oxygen atoms in total. The van der Waals surface area contributed by atoms with Crippen LogP contribution in [0.4, 0.5) is 0 Å². The maximum absolute atomic E-state index is 10.4.